The number of rotatable bonds is 6. The van der Waals surface area contributed by atoms with Crippen LogP contribution in [0.1, 0.15) is 32.3 Å². The highest BCUT2D eigenvalue weighted by Gasteiger charge is 2.21. The summed E-state index contributed by atoms with van der Waals surface area (Å²) in [5, 5.41) is 12.3. The van der Waals surface area contributed by atoms with Crippen LogP contribution in [0.3, 0.4) is 0 Å². The number of carbonyl (C=O) groups excluding carboxylic acids is 2. The molecular weight excluding hydrogens is 292 g/mol. The molecule has 5 heteroatoms. The van der Waals surface area contributed by atoms with Crippen molar-refractivity contribution in [2.45, 2.75) is 32.8 Å². The molecule has 2 N–H and O–H groups in total. The van der Waals surface area contributed by atoms with Crippen LogP contribution in [-0.4, -0.2) is 36.1 Å². The van der Waals surface area contributed by atoms with Gasteiger partial charge in [-0.25, -0.2) is 0 Å². The van der Waals surface area contributed by atoms with Crippen LogP contribution in [0, 0.1) is 5.92 Å². The number of amides is 2. The quantitative estimate of drug-likeness (QED) is 0.788. The predicted octanol–water partition coefficient (Wildman–Crippen LogP) is 1.96. The Hall–Kier alpha value is -2.14. The Morgan fingerprint density at radius 2 is 2.04 bits per heavy atom. The lowest BCUT2D eigenvalue weighted by molar-refractivity contribution is -0.117. The molecule has 1 fully saturated rings. The van der Waals surface area contributed by atoms with Crippen molar-refractivity contribution < 1.29 is 14.7 Å². The largest absolute Gasteiger partial charge is 0.391 e. The number of nitrogens with zero attached hydrogens (tertiary/aromatic N) is 1. The lowest BCUT2D eigenvalue weighted by atomic mass is 10.1. The van der Waals surface area contributed by atoms with Gasteiger partial charge in [0.2, 0.25) is 11.8 Å². The summed E-state index contributed by atoms with van der Waals surface area (Å²) in [7, 11) is 0. The van der Waals surface area contributed by atoms with E-state index in [1.807, 2.05) is 38.1 Å². The molecule has 0 radical (unpaired) electrons. The molecule has 1 aromatic carbocycles. The molecule has 1 aliphatic rings. The van der Waals surface area contributed by atoms with Crippen LogP contribution in [0.25, 0.3) is 6.08 Å². The van der Waals surface area contributed by atoms with E-state index in [0.717, 1.165) is 24.2 Å². The van der Waals surface area contributed by atoms with E-state index in [0.29, 0.717) is 6.42 Å². The monoisotopic (exact) mass is 316 g/mol. The second-order valence-corrected chi connectivity index (χ2v) is 6.13. The Morgan fingerprint density at radius 3 is 2.61 bits per heavy atom. The van der Waals surface area contributed by atoms with Crippen LogP contribution in [0.4, 0.5) is 5.69 Å². The average Bonchev–Trinajstić information content (AvgIpc) is 2.97. The smallest absolute Gasteiger partial charge is 0.244 e. The van der Waals surface area contributed by atoms with Gasteiger partial charge in [-0.05, 0) is 36.1 Å². The highest BCUT2D eigenvalue weighted by Crippen LogP contribution is 2.21. The van der Waals surface area contributed by atoms with Gasteiger partial charge in [0.25, 0.3) is 0 Å². The number of aliphatic hydroxyl groups is 1. The third kappa shape index (κ3) is 4.93. The zero-order valence-corrected chi connectivity index (χ0v) is 13.7. The summed E-state index contributed by atoms with van der Waals surface area (Å²) in [6.45, 7) is 4.82. The van der Waals surface area contributed by atoms with Crippen LogP contribution in [0.15, 0.2) is 30.3 Å². The molecule has 2 rings (SSSR count). The Labute approximate surface area is 137 Å². The van der Waals surface area contributed by atoms with Crippen molar-refractivity contribution in [3.05, 3.63) is 35.9 Å². The summed E-state index contributed by atoms with van der Waals surface area (Å²) in [5.74, 6) is 0.0417. The van der Waals surface area contributed by atoms with Crippen molar-refractivity contribution >= 4 is 23.6 Å². The van der Waals surface area contributed by atoms with E-state index < -0.39 is 6.10 Å². The maximum Gasteiger partial charge on any atom is 0.244 e. The molecule has 1 aliphatic heterocycles. The number of aliphatic hydroxyl groups excluding tert-OH is 1. The van der Waals surface area contributed by atoms with Crippen LogP contribution in [0.2, 0.25) is 0 Å². The minimum Gasteiger partial charge on any atom is -0.391 e. The molecule has 124 valence electrons. The van der Waals surface area contributed by atoms with Gasteiger partial charge in [0.1, 0.15) is 0 Å². The van der Waals surface area contributed by atoms with E-state index in [9.17, 15) is 14.7 Å². The van der Waals surface area contributed by atoms with Crippen molar-refractivity contribution in [2.24, 2.45) is 5.92 Å². The second-order valence-electron chi connectivity index (χ2n) is 6.13. The average molecular weight is 316 g/mol. The summed E-state index contributed by atoms with van der Waals surface area (Å²) < 4.78 is 0. The van der Waals surface area contributed by atoms with Crippen molar-refractivity contribution in [1.82, 2.24) is 5.32 Å². The summed E-state index contributed by atoms with van der Waals surface area (Å²) in [6.07, 6.45) is 4.15. The zero-order valence-electron chi connectivity index (χ0n) is 13.7. The standard InChI is InChI=1S/C18H24N2O3/c1-13(2)16(21)12-19-17(22)10-7-14-5-8-15(9-6-14)20-11-3-4-18(20)23/h5-10,13,16,21H,3-4,11-12H2,1-2H3,(H,19,22)/b10-7+. The van der Waals surface area contributed by atoms with Crippen molar-refractivity contribution in [2.75, 3.05) is 18.0 Å². The molecule has 1 heterocycles. The number of hydrogen-bond donors (Lipinski definition) is 2. The topological polar surface area (TPSA) is 69.6 Å². The number of carbonyl (C=O) groups is 2. The molecule has 0 saturated carbocycles. The molecular formula is C18H24N2O3. The van der Waals surface area contributed by atoms with Crippen LogP contribution < -0.4 is 10.2 Å². The van der Waals surface area contributed by atoms with Crippen molar-refractivity contribution in [3.8, 4) is 0 Å². The number of hydrogen-bond acceptors (Lipinski definition) is 3. The van der Waals surface area contributed by atoms with Gasteiger partial charge in [-0.1, -0.05) is 26.0 Å². The number of anilines is 1. The van der Waals surface area contributed by atoms with Gasteiger partial charge in [0, 0.05) is 31.3 Å². The zero-order chi connectivity index (χ0) is 16.8. The van der Waals surface area contributed by atoms with Gasteiger partial charge in [-0.2, -0.15) is 0 Å². The summed E-state index contributed by atoms with van der Waals surface area (Å²) in [5.41, 5.74) is 1.79. The Bertz CT molecular complexity index is 578. The lowest BCUT2D eigenvalue weighted by Gasteiger charge is -2.15. The van der Waals surface area contributed by atoms with E-state index in [1.165, 1.54) is 6.08 Å². The first-order valence-corrected chi connectivity index (χ1v) is 8.02. The molecule has 0 spiro atoms. The minimum atomic E-state index is -0.537. The van der Waals surface area contributed by atoms with Gasteiger partial charge in [0.05, 0.1) is 6.10 Å². The minimum absolute atomic E-state index is 0.111. The molecule has 5 nitrogen and oxygen atoms in total. The molecule has 2 amide bonds. The van der Waals surface area contributed by atoms with Gasteiger partial charge in [-0.15, -0.1) is 0 Å². The molecule has 1 saturated heterocycles. The maximum atomic E-state index is 11.7. The van der Waals surface area contributed by atoms with Crippen molar-refractivity contribution in [1.29, 1.82) is 0 Å². The molecule has 0 bridgehead atoms. The Kier molecular flexibility index (Phi) is 5.93. The van der Waals surface area contributed by atoms with Crippen LogP contribution >= 0.6 is 0 Å². The van der Waals surface area contributed by atoms with E-state index >= 15 is 0 Å². The Balaban J connectivity index is 1.87. The first-order valence-electron chi connectivity index (χ1n) is 8.02. The molecule has 0 aliphatic carbocycles. The first kappa shape index (κ1) is 17.2. The molecule has 1 atom stereocenters. The lowest BCUT2D eigenvalue weighted by Crippen LogP contribution is -2.33. The van der Waals surface area contributed by atoms with E-state index in [4.69, 9.17) is 0 Å². The molecule has 0 aromatic heterocycles. The van der Waals surface area contributed by atoms with E-state index in [-0.39, 0.29) is 24.3 Å². The SMILES string of the molecule is CC(C)C(O)CNC(=O)/C=C/c1ccc(N2CCCC2=O)cc1. The normalized spacial score (nSPS) is 16.3. The highest BCUT2D eigenvalue weighted by atomic mass is 16.3. The predicted molar refractivity (Wildman–Crippen MR) is 90.9 cm³/mol. The highest BCUT2D eigenvalue weighted by molar-refractivity contribution is 5.95. The van der Waals surface area contributed by atoms with Gasteiger partial charge >= 0.3 is 0 Å². The van der Waals surface area contributed by atoms with Crippen LogP contribution in [-0.2, 0) is 9.59 Å². The van der Waals surface area contributed by atoms with E-state index in [2.05, 4.69) is 5.32 Å². The summed E-state index contributed by atoms with van der Waals surface area (Å²) in [4.78, 5) is 25.2. The number of nitrogens with one attached hydrogen (secondary N) is 1. The van der Waals surface area contributed by atoms with Gasteiger partial charge < -0.3 is 15.3 Å². The molecule has 1 aromatic rings. The fourth-order valence-electron chi connectivity index (χ4n) is 2.36. The first-order chi connectivity index (χ1) is 11.0. The van der Waals surface area contributed by atoms with Gasteiger partial charge in [-0.3, -0.25) is 9.59 Å². The summed E-state index contributed by atoms with van der Waals surface area (Å²) in [6, 6.07) is 7.55. The summed E-state index contributed by atoms with van der Waals surface area (Å²) >= 11 is 0. The Morgan fingerprint density at radius 1 is 1.35 bits per heavy atom. The van der Waals surface area contributed by atoms with E-state index in [1.54, 1.807) is 11.0 Å². The van der Waals surface area contributed by atoms with Crippen LogP contribution in [0.5, 0.6) is 0 Å². The fraction of sp³-hybridized carbons (Fsp3) is 0.444. The van der Waals surface area contributed by atoms with Gasteiger partial charge in [0.15, 0.2) is 0 Å². The maximum absolute atomic E-state index is 11.7. The third-order valence-corrected chi connectivity index (χ3v) is 3.96. The molecule has 23 heavy (non-hydrogen) atoms. The third-order valence-electron chi connectivity index (χ3n) is 3.96. The fourth-order valence-corrected chi connectivity index (χ4v) is 2.36. The van der Waals surface area contributed by atoms with Crippen molar-refractivity contribution in [3.63, 3.8) is 0 Å². The molecule has 1 unspecified atom stereocenters. The number of benzene rings is 1. The second kappa shape index (κ2) is 7.92.